The van der Waals surface area contributed by atoms with Gasteiger partial charge in [-0.3, -0.25) is 0 Å². The van der Waals surface area contributed by atoms with Crippen molar-refractivity contribution in [3.63, 3.8) is 0 Å². The minimum atomic E-state index is 0.0204. The van der Waals surface area contributed by atoms with Crippen molar-refractivity contribution in [2.75, 3.05) is 16.9 Å². The molecule has 0 radical (unpaired) electrons. The van der Waals surface area contributed by atoms with Gasteiger partial charge in [0.15, 0.2) is 0 Å². The smallest absolute Gasteiger partial charge is 0.250 e. The van der Waals surface area contributed by atoms with Crippen molar-refractivity contribution in [1.29, 1.82) is 0 Å². The fraction of sp³-hybridized carbons (Fsp3) is 0. The summed E-state index contributed by atoms with van der Waals surface area (Å²) < 4.78 is 1.81. The normalized spacial score (nSPS) is 11.0. The van der Waals surface area contributed by atoms with Gasteiger partial charge in [0.1, 0.15) is 5.69 Å². The van der Waals surface area contributed by atoms with Gasteiger partial charge in [-0.2, -0.15) is 25.2 Å². The van der Waals surface area contributed by atoms with Crippen LogP contribution in [-0.4, -0.2) is 30.9 Å². The summed E-state index contributed by atoms with van der Waals surface area (Å²) in [5.41, 5.74) is 17.4. The molecule has 0 spiro atoms. The number of benzene rings is 2. The van der Waals surface area contributed by atoms with Crippen molar-refractivity contribution < 1.29 is 0 Å². The average Bonchev–Trinajstić information content (AvgIpc) is 3.13. The number of nitrogen functional groups attached to an aromatic ring is 2. The Balaban J connectivity index is 1.67. The molecule has 4 rings (SSSR count). The van der Waals surface area contributed by atoms with Gasteiger partial charge >= 0.3 is 0 Å². The maximum Gasteiger partial charge on any atom is 0.250 e. The molecule has 28 heavy (non-hydrogen) atoms. The molecule has 0 atom stereocenters. The van der Waals surface area contributed by atoms with Gasteiger partial charge in [-0.05, 0) is 12.1 Å². The van der Waals surface area contributed by atoms with Crippen molar-refractivity contribution in [2.24, 2.45) is 5.10 Å². The minimum absolute atomic E-state index is 0.0204. The van der Waals surface area contributed by atoms with Gasteiger partial charge < -0.3 is 11.5 Å². The van der Waals surface area contributed by atoms with Crippen molar-refractivity contribution in [1.82, 2.24) is 24.7 Å². The molecule has 0 aliphatic heterocycles. The lowest BCUT2D eigenvalue weighted by Crippen LogP contribution is -2.06. The van der Waals surface area contributed by atoms with Gasteiger partial charge in [0.25, 0.3) is 0 Å². The van der Waals surface area contributed by atoms with Crippen LogP contribution in [0.5, 0.6) is 0 Å². The molecule has 2 heterocycles. The third-order valence-electron chi connectivity index (χ3n) is 3.85. The highest BCUT2D eigenvalue weighted by Crippen LogP contribution is 2.22. The SMILES string of the molecule is Nc1nc(N)nc(N/N=C\c2cn(-c3ccccc3)nc2-c2ccccc2)n1. The van der Waals surface area contributed by atoms with Gasteiger partial charge in [-0.25, -0.2) is 10.1 Å². The molecule has 0 bridgehead atoms. The highest BCUT2D eigenvalue weighted by molar-refractivity contribution is 5.89. The summed E-state index contributed by atoms with van der Waals surface area (Å²) in [6.45, 7) is 0. The van der Waals surface area contributed by atoms with Crippen LogP contribution >= 0.6 is 0 Å². The molecule has 9 heteroatoms. The molecule has 5 N–H and O–H groups in total. The van der Waals surface area contributed by atoms with Crippen molar-refractivity contribution in [3.05, 3.63) is 72.4 Å². The topological polar surface area (TPSA) is 133 Å². The van der Waals surface area contributed by atoms with E-state index in [0.29, 0.717) is 0 Å². The van der Waals surface area contributed by atoms with Gasteiger partial charge in [-0.1, -0.05) is 48.5 Å². The molecule has 0 fully saturated rings. The number of rotatable bonds is 5. The lowest BCUT2D eigenvalue weighted by atomic mass is 10.1. The first kappa shape index (κ1) is 17.2. The van der Waals surface area contributed by atoms with E-state index in [0.717, 1.165) is 22.5 Å². The number of anilines is 3. The van der Waals surface area contributed by atoms with E-state index in [2.05, 4.69) is 25.5 Å². The molecule has 9 nitrogen and oxygen atoms in total. The van der Waals surface area contributed by atoms with Crippen LogP contribution in [0.4, 0.5) is 17.8 Å². The number of aromatic nitrogens is 5. The van der Waals surface area contributed by atoms with Crippen molar-refractivity contribution >= 4 is 24.1 Å². The molecular formula is C19H17N9. The van der Waals surface area contributed by atoms with E-state index in [1.54, 1.807) is 6.21 Å². The molecule has 0 unspecified atom stereocenters. The van der Waals surface area contributed by atoms with Crippen molar-refractivity contribution in [3.8, 4) is 16.9 Å². The highest BCUT2D eigenvalue weighted by atomic mass is 15.4. The first-order chi connectivity index (χ1) is 13.7. The van der Waals surface area contributed by atoms with Crippen LogP contribution in [0.15, 0.2) is 72.0 Å². The quantitative estimate of drug-likeness (QED) is 0.362. The second kappa shape index (κ2) is 7.54. The number of nitrogens with one attached hydrogen (secondary N) is 1. The zero-order valence-electron chi connectivity index (χ0n) is 14.8. The number of hydrogen-bond donors (Lipinski definition) is 3. The van der Waals surface area contributed by atoms with Crippen LogP contribution in [-0.2, 0) is 0 Å². The zero-order chi connectivity index (χ0) is 19.3. The standard InChI is InChI=1S/C19H17N9/c20-17-23-18(21)25-19(24-17)26-22-11-14-12-28(15-9-5-2-6-10-15)27-16(14)13-7-3-1-4-8-13/h1-12H,(H5,20,21,23,24,25,26)/b22-11-. The van der Waals surface area contributed by atoms with Gasteiger partial charge in [0, 0.05) is 17.3 Å². The third-order valence-corrected chi connectivity index (χ3v) is 3.85. The van der Waals surface area contributed by atoms with E-state index >= 15 is 0 Å². The van der Waals surface area contributed by atoms with E-state index < -0.39 is 0 Å². The molecule has 0 aliphatic carbocycles. The zero-order valence-corrected chi connectivity index (χ0v) is 14.8. The summed E-state index contributed by atoms with van der Waals surface area (Å²) in [5.74, 6) is 0.206. The molecule has 2 aromatic carbocycles. The second-order valence-corrected chi connectivity index (χ2v) is 5.82. The Labute approximate surface area is 160 Å². The molecule has 0 saturated carbocycles. The summed E-state index contributed by atoms with van der Waals surface area (Å²) in [6, 6.07) is 19.7. The fourth-order valence-corrected chi connectivity index (χ4v) is 2.63. The lowest BCUT2D eigenvalue weighted by molar-refractivity contribution is 0.884. The van der Waals surface area contributed by atoms with E-state index in [1.807, 2.05) is 71.5 Å². The fourth-order valence-electron chi connectivity index (χ4n) is 2.63. The number of hydrogen-bond acceptors (Lipinski definition) is 8. The maximum absolute atomic E-state index is 5.56. The van der Waals surface area contributed by atoms with Gasteiger partial charge in [-0.15, -0.1) is 0 Å². The molecule has 138 valence electrons. The summed E-state index contributed by atoms with van der Waals surface area (Å²) in [5, 5.41) is 8.92. The lowest BCUT2D eigenvalue weighted by Gasteiger charge is -2.00. The first-order valence-electron chi connectivity index (χ1n) is 8.45. The van der Waals surface area contributed by atoms with Crippen LogP contribution in [0, 0.1) is 0 Å². The Morgan fingerprint density at radius 2 is 1.50 bits per heavy atom. The molecule has 0 aliphatic rings. The van der Waals surface area contributed by atoms with Crippen LogP contribution in [0.1, 0.15) is 5.56 Å². The Hall–Kier alpha value is -4.27. The molecule has 0 amide bonds. The molecular weight excluding hydrogens is 354 g/mol. The predicted molar refractivity (Wildman–Crippen MR) is 109 cm³/mol. The second-order valence-electron chi connectivity index (χ2n) is 5.82. The van der Waals surface area contributed by atoms with Crippen LogP contribution < -0.4 is 16.9 Å². The Bertz CT molecular complexity index is 1080. The minimum Gasteiger partial charge on any atom is -0.368 e. The van der Waals surface area contributed by atoms with Crippen molar-refractivity contribution in [2.45, 2.75) is 0 Å². The van der Waals surface area contributed by atoms with Crippen LogP contribution in [0.25, 0.3) is 16.9 Å². The number of hydrazone groups is 1. The third kappa shape index (κ3) is 3.78. The predicted octanol–water partition coefficient (Wildman–Crippen LogP) is 2.33. The Morgan fingerprint density at radius 1 is 0.857 bits per heavy atom. The first-order valence-corrected chi connectivity index (χ1v) is 8.45. The molecule has 0 saturated heterocycles. The average molecular weight is 371 g/mol. The highest BCUT2D eigenvalue weighted by Gasteiger charge is 2.11. The van der Waals surface area contributed by atoms with E-state index in [4.69, 9.17) is 16.6 Å². The summed E-state index contributed by atoms with van der Waals surface area (Å²) >= 11 is 0. The number of nitrogens with two attached hydrogens (primary N) is 2. The van der Waals surface area contributed by atoms with E-state index in [9.17, 15) is 0 Å². The maximum atomic E-state index is 5.56. The summed E-state index contributed by atoms with van der Waals surface area (Å²) in [6.07, 6.45) is 3.55. The van der Waals surface area contributed by atoms with Crippen LogP contribution in [0.2, 0.25) is 0 Å². The monoisotopic (exact) mass is 371 g/mol. The van der Waals surface area contributed by atoms with Crippen LogP contribution in [0.3, 0.4) is 0 Å². The Morgan fingerprint density at radius 3 is 2.18 bits per heavy atom. The molecule has 4 aromatic rings. The summed E-state index contributed by atoms with van der Waals surface area (Å²) in [4.78, 5) is 11.6. The largest absolute Gasteiger partial charge is 0.368 e. The summed E-state index contributed by atoms with van der Waals surface area (Å²) in [7, 11) is 0. The Kier molecular flexibility index (Phi) is 4.62. The number of para-hydroxylation sites is 1. The van der Waals surface area contributed by atoms with Gasteiger partial charge in [0.2, 0.25) is 17.8 Å². The van der Waals surface area contributed by atoms with E-state index in [1.165, 1.54) is 0 Å². The van der Waals surface area contributed by atoms with Gasteiger partial charge in [0.05, 0.1) is 11.9 Å². The van der Waals surface area contributed by atoms with E-state index in [-0.39, 0.29) is 17.8 Å². The molecule has 2 aromatic heterocycles. The number of nitrogens with zero attached hydrogens (tertiary/aromatic N) is 6.